The Morgan fingerprint density at radius 3 is 2.72 bits per heavy atom. The van der Waals surface area contributed by atoms with Gasteiger partial charge in [0.25, 0.3) is 0 Å². The molecule has 3 nitrogen and oxygen atoms in total. The average molecular weight is 249 g/mol. The predicted octanol–water partition coefficient (Wildman–Crippen LogP) is 2.39. The van der Waals surface area contributed by atoms with Crippen molar-refractivity contribution in [2.24, 2.45) is 11.8 Å². The first kappa shape index (κ1) is 13.8. The Morgan fingerprint density at radius 2 is 2.11 bits per heavy atom. The van der Waals surface area contributed by atoms with E-state index in [-0.39, 0.29) is 5.54 Å². The van der Waals surface area contributed by atoms with Crippen LogP contribution in [0.3, 0.4) is 0 Å². The molecule has 2 atom stereocenters. The van der Waals surface area contributed by atoms with Crippen molar-refractivity contribution in [1.82, 2.24) is 10.2 Å². The third kappa shape index (κ3) is 3.05. The number of nitriles is 1. The van der Waals surface area contributed by atoms with Gasteiger partial charge in [0.1, 0.15) is 5.54 Å². The summed E-state index contributed by atoms with van der Waals surface area (Å²) in [6.07, 6.45) is 6.03. The fraction of sp³-hybridized carbons (Fsp3) is 0.933. The summed E-state index contributed by atoms with van der Waals surface area (Å²) in [5.41, 5.74) is -0.153. The normalized spacial score (nSPS) is 34.4. The first-order chi connectivity index (χ1) is 8.66. The van der Waals surface area contributed by atoms with Crippen molar-refractivity contribution in [3.63, 3.8) is 0 Å². The first-order valence-electron chi connectivity index (χ1n) is 7.53. The van der Waals surface area contributed by atoms with Crippen LogP contribution < -0.4 is 5.32 Å². The average Bonchev–Trinajstić information content (AvgIpc) is 2.39. The van der Waals surface area contributed by atoms with Crippen LogP contribution in [0.5, 0.6) is 0 Å². The Morgan fingerprint density at radius 1 is 1.39 bits per heavy atom. The van der Waals surface area contributed by atoms with E-state index in [0.29, 0.717) is 0 Å². The summed E-state index contributed by atoms with van der Waals surface area (Å²) in [5, 5.41) is 13.1. The van der Waals surface area contributed by atoms with Crippen molar-refractivity contribution in [2.45, 2.75) is 51.5 Å². The third-order valence-corrected chi connectivity index (χ3v) is 4.56. The standard InChI is InChI=1S/C15H27N3/c1-13(2)10-14-4-3-5-15(11-14,12-16)18-8-6-17-7-9-18/h13-14,17H,3-11H2,1-2H3. The summed E-state index contributed by atoms with van der Waals surface area (Å²) in [6.45, 7) is 8.77. The number of hydrogen-bond donors (Lipinski definition) is 1. The van der Waals surface area contributed by atoms with Crippen molar-refractivity contribution >= 4 is 0 Å². The van der Waals surface area contributed by atoms with Gasteiger partial charge in [-0.15, -0.1) is 0 Å². The zero-order valence-electron chi connectivity index (χ0n) is 11.9. The van der Waals surface area contributed by atoms with Gasteiger partial charge >= 0.3 is 0 Å². The highest BCUT2D eigenvalue weighted by Gasteiger charge is 2.41. The Hall–Kier alpha value is -0.590. The molecule has 2 fully saturated rings. The second kappa shape index (κ2) is 6.04. The summed E-state index contributed by atoms with van der Waals surface area (Å²) < 4.78 is 0. The lowest BCUT2D eigenvalue weighted by Crippen LogP contribution is -2.57. The van der Waals surface area contributed by atoms with Gasteiger partial charge in [0.15, 0.2) is 0 Å². The number of nitrogens with one attached hydrogen (secondary N) is 1. The van der Waals surface area contributed by atoms with E-state index < -0.39 is 0 Å². The molecule has 0 bridgehead atoms. The van der Waals surface area contributed by atoms with E-state index in [2.05, 4.69) is 30.1 Å². The van der Waals surface area contributed by atoms with Crippen LogP contribution in [-0.4, -0.2) is 36.6 Å². The van der Waals surface area contributed by atoms with Crippen LogP contribution in [0, 0.1) is 23.2 Å². The molecule has 0 spiro atoms. The molecule has 1 N–H and O–H groups in total. The molecule has 0 aromatic rings. The van der Waals surface area contributed by atoms with Crippen LogP contribution in [0.15, 0.2) is 0 Å². The maximum Gasteiger partial charge on any atom is 0.109 e. The maximum absolute atomic E-state index is 9.73. The zero-order valence-corrected chi connectivity index (χ0v) is 11.9. The molecule has 1 heterocycles. The molecule has 102 valence electrons. The molecular weight excluding hydrogens is 222 g/mol. The molecule has 1 aliphatic heterocycles. The lowest BCUT2D eigenvalue weighted by atomic mass is 9.72. The van der Waals surface area contributed by atoms with Gasteiger partial charge in [0.05, 0.1) is 6.07 Å². The summed E-state index contributed by atoms with van der Waals surface area (Å²) in [5.74, 6) is 1.51. The fourth-order valence-corrected chi connectivity index (χ4v) is 3.79. The van der Waals surface area contributed by atoms with Gasteiger partial charge in [-0.3, -0.25) is 4.90 Å². The molecular formula is C15H27N3. The van der Waals surface area contributed by atoms with Crippen LogP contribution in [0.1, 0.15) is 46.0 Å². The minimum Gasteiger partial charge on any atom is -0.314 e. The van der Waals surface area contributed by atoms with Gasteiger partial charge in [0.2, 0.25) is 0 Å². The van der Waals surface area contributed by atoms with E-state index in [1.807, 2.05) is 0 Å². The van der Waals surface area contributed by atoms with Crippen LogP contribution in [-0.2, 0) is 0 Å². The molecule has 1 saturated carbocycles. The molecule has 0 amide bonds. The summed E-state index contributed by atoms with van der Waals surface area (Å²) >= 11 is 0. The topological polar surface area (TPSA) is 39.1 Å². The zero-order chi connectivity index (χ0) is 13.0. The number of hydrogen-bond acceptors (Lipinski definition) is 3. The quantitative estimate of drug-likeness (QED) is 0.835. The van der Waals surface area contributed by atoms with E-state index in [4.69, 9.17) is 0 Å². The van der Waals surface area contributed by atoms with Crippen LogP contribution in [0.4, 0.5) is 0 Å². The van der Waals surface area contributed by atoms with Crippen LogP contribution in [0.2, 0.25) is 0 Å². The molecule has 2 unspecified atom stereocenters. The molecule has 0 aromatic carbocycles. The molecule has 2 rings (SSSR count). The second-order valence-electron chi connectivity index (χ2n) is 6.47. The van der Waals surface area contributed by atoms with Crippen molar-refractivity contribution < 1.29 is 0 Å². The van der Waals surface area contributed by atoms with Gasteiger partial charge < -0.3 is 5.32 Å². The van der Waals surface area contributed by atoms with Crippen molar-refractivity contribution in [1.29, 1.82) is 5.26 Å². The summed E-state index contributed by atoms with van der Waals surface area (Å²) in [4.78, 5) is 2.45. The Balaban J connectivity index is 2.04. The minimum absolute atomic E-state index is 0.153. The Labute approximate surface area is 112 Å². The molecule has 1 saturated heterocycles. The largest absolute Gasteiger partial charge is 0.314 e. The highest BCUT2D eigenvalue weighted by molar-refractivity contribution is 5.11. The van der Waals surface area contributed by atoms with E-state index in [9.17, 15) is 5.26 Å². The van der Waals surface area contributed by atoms with E-state index in [1.165, 1.54) is 19.3 Å². The lowest BCUT2D eigenvalue weighted by Gasteiger charge is -2.46. The van der Waals surface area contributed by atoms with Crippen molar-refractivity contribution in [3.05, 3.63) is 0 Å². The van der Waals surface area contributed by atoms with E-state index >= 15 is 0 Å². The monoisotopic (exact) mass is 249 g/mol. The van der Waals surface area contributed by atoms with Gasteiger partial charge in [-0.05, 0) is 31.1 Å². The van der Waals surface area contributed by atoms with Gasteiger partial charge in [-0.1, -0.05) is 26.7 Å². The molecule has 0 radical (unpaired) electrons. The highest BCUT2D eigenvalue weighted by atomic mass is 15.2. The van der Waals surface area contributed by atoms with Crippen LogP contribution >= 0.6 is 0 Å². The third-order valence-electron chi connectivity index (χ3n) is 4.56. The molecule has 18 heavy (non-hydrogen) atoms. The first-order valence-corrected chi connectivity index (χ1v) is 7.53. The number of rotatable bonds is 3. The summed E-state index contributed by atoms with van der Waals surface area (Å²) in [7, 11) is 0. The fourth-order valence-electron chi connectivity index (χ4n) is 3.79. The Bertz CT molecular complexity index is 301. The Kier molecular flexibility index (Phi) is 4.64. The van der Waals surface area contributed by atoms with Crippen molar-refractivity contribution in [3.8, 4) is 6.07 Å². The summed E-state index contributed by atoms with van der Waals surface area (Å²) in [6, 6.07) is 2.69. The van der Waals surface area contributed by atoms with Crippen molar-refractivity contribution in [2.75, 3.05) is 26.2 Å². The smallest absolute Gasteiger partial charge is 0.109 e. The van der Waals surface area contributed by atoms with Gasteiger partial charge in [-0.25, -0.2) is 0 Å². The minimum atomic E-state index is -0.153. The molecule has 0 aromatic heterocycles. The highest BCUT2D eigenvalue weighted by Crippen LogP contribution is 2.39. The number of piperazine rings is 1. The SMILES string of the molecule is CC(C)CC1CCCC(C#N)(N2CCNCC2)C1. The predicted molar refractivity (Wildman–Crippen MR) is 74.2 cm³/mol. The van der Waals surface area contributed by atoms with E-state index in [1.54, 1.807) is 0 Å². The lowest BCUT2D eigenvalue weighted by molar-refractivity contribution is 0.0581. The molecule has 1 aliphatic carbocycles. The second-order valence-corrected chi connectivity index (χ2v) is 6.47. The van der Waals surface area contributed by atoms with Crippen LogP contribution in [0.25, 0.3) is 0 Å². The molecule has 2 aliphatic rings. The van der Waals surface area contributed by atoms with E-state index in [0.717, 1.165) is 50.9 Å². The molecule has 3 heteroatoms. The van der Waals surface area contributed by atoms with Gasteiger partial charge in [0, 0.05) is 26.2 Å². The number of nitrogens with zero attached hydrogens (tertiary/aromatic N) is 2. The van der Waals surface area contributed by atoms with Gasteiger partial charge in [-0.2, -0.15) is 5.26 Å². The maximum atomic E-state index is 9.73.